The van der Waals surface area contributed by atoms with E-state index >= 15 is 0 Å². The van der Waals surface area contributed by atoms with E-state index in [0.29, 0.717) is 17.4 Å². The van der Waals surface area contributed by atoms with Crippen LogP contribution in [0.3, 0.4) is 0 Å². The van der Waals surface area contributed by atoms with E-state index in [0.717, 1.165) is 19.0 Å². The molecule has 3 rings (SSSR count). The van der Waals surface area contributed by atoms with E-state index in [1.807, 2.05) is 0 Å². The van der Waals surface area contributed by atoms with Crippen LogP contribution in [0, 0.1) is 17.3 Å². The Bertz CT molecular complexity index is 464. The molecule has 0 spiro atoms. The molecule has 1 aliphatic carbocycles. The second-order valence-electron chi connectivity index (χ2n) is 8.24. The van der Waals surface area contributed by atoms with Gasteiger partial charge in [-0.05, 0) is 47.6 Å². The van der Waals surface area contributed by atoms with Crippen molar-refractivity contribution >= 4 is 0 Å². The van der Waals surface area contributed by atoms with Crippen LogP contribution in [0.25, 0.3) is 0 Å². The summed E-state index contributed by atoms with van der Waals surface area (Å²) in [5, 5.41) is 0. The lowest BCUT2D eigenvalue weighted by Crippen LogP contribution is -2.44. The molecule has 21 heavy (non-hydrogen) atoms. The summed E-state index contributed by atoms with van der Waals surface area (Å²) in [7, 11) is 0. The van der Waals surface area contributed by atoms with Crippen molar-refractivity contribution in [1.29, 1.82) is 0 Å². The van der Waals surface area contributed by atoms with Crippen LogP contribution >= 0.6 is 0 Å². The lowest BCUT2D eigenvalue weighted by Gasteiger charge is -2.41. The van der Waals surface area contributed by atoms with Crippen molar-refractivity contribution in [1.82, 2.24) is 4.90 Å². The third-order valence-corrected chi connectivity index (χ3v) is 5.66. The van der Waals surface area contributed by atoms with Gasteiger partial charge in [0.15, 0.2) is 0 Å². The van der Waals surface area contributed by atoms with Gasteiger partial charge >= 0.3 is 0 Å². The van der Waals surface area contributed by atoms with Crippen LogP contribution in [-0.4, -0.2) is 17.5 Å². The Hall–Kier alpha value is -0.860. The summed E-state index contributed by atoms with van der Waals surface area (Å²) in [6, 6.07) is 9.25. The van der Waals surface area contributed by atoms with Crippen LogP contribution in [0.4, 0.5) is 0 Å². The summed E-state index contributed by atoms with van der Waals surface area (Å²) < 4.78 is 0. The Kier molecular flexibility index (Phi) is 4.11. The van der Waals surface area contributed by atoms with Crippen molar-refractivity contribution in [3.8, 4) is 0 Å². The van der Waals surface area contributed by atoms with Gasteiger partial charge in [-0.3, -0.25) is 4.90 Å². The third kappa shape index (κ3) is 3.32. The first-order chi connectivity index (χ1) is 9.93. The SMILES string of the molecule is CC(C)(C)C1CCC(N)C(CN2Cc3ccccc3C2)C1. The molecule has 3 atom stereocenters. The monoisotopic (exact) mass is 286 g/mol. The maximum absolute atomic E-state index is 6.44. The van der Waals surface area contributed by atoms with Crippen molar-refractivity contribution in [3.05, 3.63) is 35.4 Å². The Morgan fingerprint density at radius 2 is 1.71 bits per heavy atom. The number of rotatable bonds is 2. The highest BCUT2D eigenvalue weighted by Crippen LogP contribution is 2.40. The average molecular weight is 286 g/mol. The lowest BCUT2D eigenvalue weighted by atomic mass is 9.67. The van der Waals surface area contributed by atoms with Gasteiger partial charge in [-0.2, -0.15) is 0 Å². The molecule has 2 nitrogen and oxygen atoms in total. The lowest BCUT2D eigenvalue weighted by molar-refractivity contribution is 0.0983. The van der Waals surface area contributed by atoms with Crippen LogP contribution < -0.4 is 5.73 Å². The van der Waals surface area contributed by atoms with Gasteiger partial charge in [0.2, 0.25) is 0 Å². The minimum Gasteiger partial charge on any atom is -0.327 e. The van der Waals surface area contributed by atoms with Gasteiger partial charge in [0.25, 0.3) is 0 Å². The topological polar surface area (TPSA) is 29.3 Å². The molecular weight excluding hydrogens is 256 g/mol. The van der Waals surface area contributed by atoms with Gasteiger partial charge in [0, 0.05) is 25.7 Å². The summed E-state index contributed by atoms with van der Waals surface area (Å²) in [6.45, 7) is 10.5. The predicted molar refractivity (Wildman–Crippen MR) is 88.8 cm³/mol. The van der Waals surface area contributed by atoms with Gasteiger partial charge in [-0.15, -0.1) is 0 Å². The first-order valence-electron chi connectivity index (χ1n) is 8.48. The maximum atomic E-state index is 6.44. The van der Waals surface area contributed by atoms with Gasteiger partial charge < -0.3 is 5.73 Å². The van der Waals surface area contributed by atoms with Crippen LogP contribution in [0.1, 0.15) is 51.2 Å². The summed E-state index contributed by atoms with van der Waals surface area (Å²) in [4.78, 5) is 2.60. The van der Waals surface area contributed by atoms with Crippen LogP contribution in [0.5, 0.6) is 0 Å². The molecule has 0 aromatic heterocycles. The number of hydrogen-bond donors (Lipinski definition) is 1. The minimum absolute atomic E-state index is 0.396. The zero-order valence-electron chi connectivity index (χ0n) is 13.8. The highest BCUT2D eigenvalue weighted by atomic mass is 15.1. The Morgan fingerprint density at radius 1 is 1.10 bits per heavy atom. The molecule has 2 N–H and O–H groups in total. The molecule has 1 heterocycles. The van der Waals surface area contributed by atoms with Crippen molar-refractivity contribution in [2.45, 2.75) is 59.2 Å². The largest absolute Gasteiger partial charge is 0.327 e. The molecule has 3 unspecified atom stereocenters. The van der Waals surface area contributed by atoms with Crippen molar-refractivity contribution in [2.75, 3.05) is 6.54 Å². The molecule has 0 radical (unpaired) electrons. The Morgan fingerprint density at radius 3 is 2.29 bits per heavy atom. The number of nitrogens with two attached hydrogens (primary N) is 1. The smallest absolute Gasteiger partial charge is 0.0240 e. The van der Waals surface area contributed by atoms with E-state index in [4.69, 9.17) is 5.73 Å². The van der Waals surface area contributed by atoms with Crippen molar-refractivity contribution < 1.29 is 0 Å². The normalized spacial score (nSPS) is 30.4. The van der Waals surface area contributed by atoms with Gasteiger partial charge in [0.05, 0.1) is 0 Å². The molecule has 0 bridgehead atoms. The molecule has 1 aliphatic heterocycles. The number of benzene rings is 1. The third-order valence-electron chi connectivity index (χ3n) is 5.66. The first kappa shape index (κ1) is 15.1. The van der Waals surface area contributed by atoms with E-state index in [9.17, 15) is 0 Å². The fraction of sp³-hybridized carbons (Fsp3) is 0.684. The number of fused-ring (bicyclic) bond motifs is 1. The van der Waals surface area contributed by atoms with Crippen LogP contribution in [0.15, 0.2) is 24.3 Å². The zero-order valence-corrected chi connectivity index (χ0v) is 13.8. The molecule has 0 amide bonds. The fourth-order valence-corrected chi connectivity index (χ4v) is 4.15. The van der Waals surface area contributed by atoms with E-state index in [-0.39, 0.29) is 0 Å². The minimum atomic E-state index is 0.396. The maximum Gasteiger partial charge on any atom is 0.0240 e. The highest BCUT2D eigenvalue weighted by molar-refractivity contribution is 5.30. The van der Waals surface area contributed by atoms with Gasteiger partial charge in [0.1, 0.15) is 0 Å². The van der Waals surface area contributed by atoms with E-state index < -0.39 is 0 Å². The second-order valence-corrected chi connectivity index (χ2v) is 8.24. The predicted octanol–water partition coefficient (Wildman–Crippen LogP) is 3.79. The molecule has 1 fully saturated rings. The summed E-state index contributed by atoms with van der Waals surface area (Å²) in [6.07, 6.45) is 3.81. The quantitative estimate of drug-likeness (QED) is 0.896. The van der Waals surface area contributed by atoms with E-state index in [1.165, 1.54) is 36.9 Å². The molecular formula is C19H30N2. The molecule has 1 aromatic carbocycles. The van der Waals surface area contributed by atoms with Crippen molar-refractivity contribution in [3.63, 3.8) is 0 Å². The van der Waals surface area contributed by atoms with Gasteiger partial charge in [-0.1, -0.05) is 45.0 Å². The molecule has 116 valence electrons. The van der Waals surface area contributed by atoms with Crippen LogP contribution in [-0.2, 0) is 13.1 Å². The Balaban J connectivity index is 1.62. The molecule has 2 aliphatic rings. The number of nitrogens with zero attached hydrogens (tertiary/aromatic N) is 1. The van der Waals surface area contributed by atoms with Gasteiger partial charge in [-0.25, -0.2) is 0 Å². The molecule has 0 saturated heterocycles. The molecule has 2 heteroatoms. The van der Waals surface area contributed by atoms with E-state index in [1.54, 1.807) is 0 Å². The second kappa shape index (κ2) is 5.73. The number of hydrogen-bond acceptors (Lipinski definition) is 2. The van der Waals surface area contributed by atoms with E-state index in [2.05, 4.69) is 49.9 Å². The average Bonchev–Trinajstić information content (AvgIpc) is 2.82. The summed E-state index contributed by atoms with van der Waals surface area (Å²) in [5.74, 6) is 1.49. The van der Waals surface area contributed by atoms with Crippen LogP contribution in [0.2, 0.25) is 0 Å². The first-order valence-corrected chi connectivity index (χ1v) is 8.48. The zero-order chi connectivity index (χ0) is 15.0. The summed E-state index contributed by atoms with van der Waals surface area (Å²) >= 11 is 0. The fourth-order valence-electron chi connectivity index (χ4n) is 4.15. The van der Waals surface area contributed by atoms with Crippen molar-refractivity contribution in [2.24, 2.45) is 23.0 Å². The Labute approximate surface area is 129 Å². The highest BCUT2D eigenvalue weighted by Gasteiger charge is 2.35. The standard InChI is InChI=1S/C19H30N2/c1-19(2,3)17-8-9-18(20)16(10-17)13-21-11-14-6-4-5-7-15(14)12-21/h4-7,16-18H,8-13,20H2,1-3H3. The molecule has 1 aromatic rings. The summed E-state index contributed by atoms with van der Waals surface area (Å²) in [5.41, 5.74) is 9.88. The molecule has 1 saturated carbocycles.